The van der Waals surface area contributed by atoms with E-state index in [-0.39, 0.29) is 17.9 Å². The Morgan fingerprint density at radius 1 is 1.10 bits per heavy atom. The normalized spacial score (nSPS) is 13.8. The highest BCUT2D eigenvalue weighted by molar-refractivity contribution is 5.49. The van der Waals surface area contributed by atoms with Crippen molar-refractivity contribution in [1.29, 1.82) is 0 Å². The van der Waals surface area contributed by atoms with Crippen LogP contribution in [0.5, 0.6) is 0 Å². The van der Waals surface area contributed by atoms with Crippen LogP contribution in [0.25, 0.3) is 0 Å². The maximum Gasteiger partial charge on any atom is 0.133 e. The highest BCUT2D eigenvalue weighted by Crippen LogP contribution is 2.29. The number of anilines is 1. The molecule has 106 valence electrons. The maximum atomic E-state index is 13.9. The van der Waals surface area contributed by atoms with Gasteiger partial charge in [-0.15, -0.1) is 0 Å². The van der Waals surface area contributed by atoms with Gasteiger partial charge in [0, 0.05) is 30.4 Å². The SMILES string of the molecule is CC(c1ccccc1F)N(C)c1ncccc1[C@@H](C)N. The first-order valence-electron chi connectivity index (χ1n) is 6.70. The van der Waals surface area contributed by atoms with E-state index in [1.165, 1.54) is 6.07 Å². The number of pyridine rings is 1. The zero-order valence-corrected chi connectivity index (χ0v) is 12.0. The Bertz CT molecular complexity index is 583. The summed E-state index contributed by atoms with van der Waals surface area (Å²) in [5, 5.41) is 0. The summed E-state index contributed by atoms with van der Waals surface area (Å²) in [6, 6.07) is 10.4. The fraction of sp³-hybridized carbons (Fsp3) is 0.312. The summed E-state index contributed by atoms with van der Waals surface area (Å²) >= 11 is 0. The average molecular weight is 273 g/mol. The summed E-state index contributed by atoms with van der Waals surface area (Å²) in [5.41, 5.74) is 7.59. The van der Waals surface area contributed by atoms with E-state index < -0.39 is 0 Å². The number of nitrogens with zero attached hydrogens (tertiary/aromatic N) is 2. The minimum Gasteiger partial charge on any atom is -0.353 e. The number of hydrogen-bond acceptors (Lipinski definition) is 3. The average Bonchev–Trinajstić information content (AvgIpc) is 2.46. The van der Waals surface area contributed by atoms with Gasteiger partial charge in [-0.25, -0.2) is 9.37 Å². The summed E-state index contributed by atoms with van der Waals surface area (Å²) < 4.78 is 13.9. The quantitative estimate of drug-likeness (QED) is 0.928. The first-order chi connectivity index (χ1) is 9.52. The molecule has 0 bridgehead atoms. The fourth-order valence-electron chi connectivity index (χ4n) is 2.27. The molecule has 1 aromatic heterocycles. The lowest BCUT2D eigenvalue weighted by Gasteiger charge is -2.29. The van der Waals surface area contributed by atoms with E-state index in [1.54, 1.807) is 18.3 Å². The van der Waals surface area contributed by atoms with Gasteiger partial charge in [-0.3, -0.25) is 0 Å². The second-order valence-electron chi connectivity index (χ2n) is 5.01. The maximum absolute atomic E-state index is 13.9. The topological polar surface area (TPSA) is 42.2 Å². The van der Waals surface area contributed by atoms with Crippen LogP contribution in [0.4, 0.5) is 10.2 Å². The molecule has 0 aliphatic carbocycles. The highest BCUT2D eigenvalue weighted by Gasteiger charge is 2.19. The molecule has 0 fully saturated rings. The molecule has 2 rings (SSSR count). The Balaban J connectivity index is 2.37. The molecule has 0 radical (unpaired) electrons. The third-order valence-electron chi connectivity index (χ3n) is 3.58. The molecule has 2 N–H and O–H groups in total. The molecular formula is C16H20FN3. The third-order valence-corrected chi connectivity index (χ3v) is 3.58. The Labute approximate surface area is 119 Å². The van der Waals surface area contributed by atoms with Crippen molar-refractivity contribution >= 4 is 5.82 Å². The first kappa shape index (κ1) is 14.5. The van der Waals surface area contributed by atoms with Crippen LogP contribution < -0.4 is 10.6 Å². The zero-order chi connectivity index (χ0) is 14.7. The van der Waals surface area contributed by atoms with E-state index in [2.05, 4.69) is 4.98 Å². The summed E-state index contributed by atoms with van der Waals surface area (Å²) in [4.78, 5) is 6.36. The molecule has 0 amide bonds. The lowest BCUT2D eigenvalue weighted by atomic mass is 10.0. The van der Waals surface area contributed by atoms with Crippen LogP contribution in [0.2, 0.25) is 0 Å². The van der Waals surface area contributed by atoms with E-state index in [9.17, 15) is 4.39 Å². The summed E-state index contributed by atoms with van der Waals surface area (Å²) in [6.45, 7) is 3.88. The molecule has 0 aliphatic rings. The van der Waals surface area contributed by atoms with Gasteiger partial charge in [-0.1, -0.05) is 24.3 Å². The van der Waals surface area contributed by atoms with Crippen LogP contribution in [0.3, 0.4) is 0 Å². The molecule has 0 spiro atoms. The largest absolute Gasteiger partial charge is 0.353 e. The van der Waals surface area contributed by atoms with Gasteiger partial charge in [0.1, 0.15) is 11.6 Å². The van der Waals surface area contributed by atoms with Gasteiger partial charge in [0.25, 0.3) is 0 Å². The van der Waals surface area contributed by atoms with Crippen molar-refractivity contribution in [2.24, 2.45) is 5.73 Å². The monoisotopic (exact) mass is 273 g/mol. The standard InChI is InChI=1S/C16H20FN3/c1-11(18)13-8-6-10-19-16(13)20(3)12(2)14-7-4-5-9-15(14)17/h4-12H,18H2,1-3H3/t11-,12?/m1/s1. The molecular weight excluding hydrogens is 253 g/mol. The second-order valence-corrected chi connectivity index (χ2v) is 5.01. The third kappa shape index (κ3) is 2.80. The Morgan fingerprint density at radius 3 is 2.40 bits per heavy atom. The van der Waals surface area contributed by atoms with Gasteiger partial charge >= 0.3 is 0 Å². The van der Waals surface area contributed by atoms with E-state index in [0.717, 1.165) is 11.4 Å². The molecule has 4 heteroatoms. The van der Waals surface area contributed by atoms with Gasteiger partial charge < -0.3 is 10.6 Å². The molecule has 0 aliphatic heterocycles. The van der Waals surface area contributed by atoms with Crippen LogP contribution in [-0.2, 0) is 0 Å². The predicted octanol–water partition coefficient (Wildman–Crippen LogP) is 3.44. The van der Waals surface area contributed by atoms with Gasteiger partial charge in [0.05, 0.1) is 6.04 Å². The molecule has 3 nitrogen and oxygen atoms in total. The van der Waals surface area contributed by atoms with Gasteiger partial charge in [0.2, 0.25) is 0 Å². The number of nitrogens with two attached hydrogens (primary N) is 1. The number of hydrogen-bond donors (Lipinski definition) is 1. The fourth-order valence-corrected chi connectivity index (χ4v) is 2.27. The van der Waals surface area contributed by atoms with Crippen molar-refractivity contribution in [3.05, 3.63) is 59.5 Å². The van der Waals surface area contributed by atoms with Crippen molar-refractivity contribution in [3.63, 3.8) is 0 Å². The van der Waals surface area contributed by atoms with E-state index in [0.29, 0.717) is 5.56 Å². The van der Waals surface area contributed by atoms with E-state index in [1.807, 2.05) is 44.0 Å². The van der Waals surface area contributed by atoms with Crippen LogP contribution in [-0.4, -0.2) is 12.0 Å². The molecule has 0 saturated heterocycles. The number of rotatable bonds is 4. The molecule has 1 unspecified atom stereocenters. The smallest absolute Gasteiger partial charge is 0.133 e. The Hall–Kier alpha value is -1.94. The predicted molar refractivity (Wildman–Crippen MR) is 80.1 cm³/mol. The molecule has 1 aromatic carbocycles. The van der Waals surface area contributed by atoms with Gasteiger partial charge in [0.15, 0.2) is 0 Å². The number of aromatic nitrogens is 1. The van der Waals surface area contributed by atoms with Crippen LogP contribution in [0, 0.1) is 5.82 Å². The summed E-state index contributed by atoms with van der Waals surface area (Å²) in [6.07, 6.45) is 1.73. The van der Waals surface area contributed by atoms with Crippen molar-refractivity contribution in [3.8, 4) is 0 Å². The van der Waals surface area contributed by atoms with E-state index in [4.69, 9.17) is 5.73 Å². The minimum absolute atomic E-state index is 0.117. The second kappa shape index (κ2) is 6.01. The Kier molecular flexibility index (Phi) is 4.35. The lowest BCUT2D eigenvalue weighted by molar-refractivity contribution is 0.583. The van der Waals surface area contributed by atoms with Crippen molar-refractivity contribution in [1.82, 2.24) is 4.98 Å². The minimum atomic E-state index is -0.204. The molecule has 2 atom stereocenters. The molecule has 2 aromatic rings. The lowest BCUT2D eigenvalue weighted by Crippen LogP contribution is -2.25. The van der Waals surface area contributed by atoms with Crippen LogP contribution in [0.15, 0.2) is 42.6 Å². The summed E-state index contributed by atoms with van der Waals surface area (Å²) in [5.74, 6) is 0.586. The van der Waals surface area contributed by atoms with Crippen molar-refractivity contribution in [2.45, 2.75) is 25.9 Å². The Morgan fingerprint density at radius 2 is 1.75 bits per heavy atom. The molecule has 0 saturated carbocycles. The van der Waals surface area contributed by atoms with Crippen LogP contribution >= 0.6 is 0 Å². The summed E-state index contributed by atoms with van der Waals surface area (Å²) in [7, 11) is 1.91. The van der Waals surface area contributed by atoms with Gasteiger partial charge in [-0.05, 0) is 26.0 Å². The molecule has 20 heavy (non-hydrogen) atoms. The van der Waals surface area contributed by atoms with Crippen molar-refractivity contribution in [2.75, 3.05) is 11.9 Å². The first-order valence-corrected chi connectivity index (χ1v) is 6.70. The number of halogens is 1. The highest BCUT2D eigenvalue weighted by atomic mass is 19.1. The van der Waals surface area contributed by atoms with Crippen molar-refractivity contribution < 1.29 is 4.39 Å². The van der Waals surface area contributed by atoms with Gasteiger partial charge in [-0.2, -0.15) is 0 Å². The zero-order valence-electron chi connectivity index (χ0n) is 12.0. The van der Waals surface area contributed by atoms with E-state index >= 15 is 0 Å². The molecule has 1 heterocycles. The van der Waals surface area contributed by atoms with Crippen LogP contribution in [0.1, 0.15) is 37.1 Å². The number of benzene rings is 1.